The molecule has 9 heteroatoms. The van der Waals surface area contributed by atoms with E-state index in [4.69, 9.17) is 14.2 Å². The van der Waals surface area contributed by atoms with Gasteiger partial charge < -0.3 is 24.4 Å². The Morgan fingerprint density at radius 1 is 0.857 bits per heavy atom. The van der Waals surface area contributed by atoms with Gasteiger partial charge in [-0.25, -0.2) is 0 Å². The van der Waals surface area contributed by atoms with Crippen molar-refractivity contribution in [2.75, 3.05) is 6.61 Å². The topological polar surface area (TPSA) is 136 Å². The summed E-state index contributed by atoms with van der Waals surface area (Å²) < 4.78 is 19.1. The maximum atomic E-state index is 13.7. The standard InChI is InChI=1S/C40H62O9/c1-8-10-11-12-13-14-15-16-17-18-19-21-32(43)47-36-27(4)39(49-33(44)20-9-2)30(34-37(6,7)40(34,36)48-28(5)42)23-29(25-41)24-38(46)31(39)22-26(3)35(38)45/h22-23,27,30-31,34,36,41,46H,8-21,24-25H2,1-7H3/t27-,30+,31-,34-,36-,38-,39-,40-/m1/s1. The number of ether oxygens (including phenoxy) is 3. The minimum Gasteiger partial charge on any atom is -0.458 e. The van der Waals surface area contributed by atoms with Gasteiger partial charge in [-0.15, -0.1) is 0 Å². The van der Waals surface area contributed by atoms with E-state index >= 15 is 0 Å². The summed E-state index contributed by atoms with van der Waals surface area (Å²) in [6.45, 7) is 12.4. The van der Waals surface area contributed by atoms with Crippen molar-refractivity contribution < 1.29 is 43.6 Å². The average molecular weight is 687 g/mol. The molecule has 9 nitrogen and oxygen atoms in total. The molecule has 0 aromatic heterocycles. The van der Waals surface area contributed by atoms with Gasteiger partial charge in [0.15, 0.2) is 11.4 Å². The first-order valence-electron chi connectivity index (χ1n) is 19.1. The van der Waals surface area contributed by atoms with Crippen LogP contribution in [-0.4, -0.2) is 63.4 Å². The monoisotopic (exact) mass is 686 g/mol. The van der Waals surface area contributed by atoms with E-state index in [0.717, 1.165) is 19.3 Å². The zero-order chi connectivity index (χ0) is 36.2. The number of esters is 3. The van der Waals surface area contributed by atoms with Crippen LogP contribution in [0.5, 0.6) is 0 Å². The van der Waals surface area contributed by atoms with Crippen LogP contribution in [0.1, 0.15) is 145 Å². The van der Waals surface area contributed by atoms with Gasteiger partial charge in [0.2, 0.25) is 0 Å². The van der Waals surface area contributed by atoms with E-state index in [1.165, 1.54) is 51.9 Å². The number of aliphatic hydroxyl groups excluding tert-OH is 1. The lowest BCUT2D eigenvalue weighted by Gasteiger charge is -2.55. The quantitative estimate of drug-likeness (QED) is 0.0669. The highest BCUT2D eigenvalue weighted by Gasteiger charge is 2.88. The highest BCUT2D eigenvalue weighted by molar-refractivity contribution is 6.05. The number of aliphatic hydroxyl groups is 2. The van der Waals surface area contributed by atoms with Crippen molar-refractivity contribution in [3.63, 3.8) is 0 Å². The third kappa shape index (κ3) is 7.17. The van der Waals surface area contributed by atoms with Crippen LogP contribution in [0.3, 0.4) is 0 Å². The first-order chi connectivity index (χ1) is 23.2. The number of unbranched alkanes of at least 4 members (excludes halogenated alkanes) is 10. The van der Waals surface area contributed by atoms with Gasteiger partial charge in [-0.05, 0) is 30.9 Å². The van der Waals surface area contributed by atoms with E-state index < -0.39 is 82.3 Å². The molecule has 0 saturated heterocycles. The average Bonchev–Trinajstić information content (AvgIpc) is 3.47. The highest BCUT2D eigenvalue weighted by atomic mass is 16.6. The van der Waals surface area contributed by atoms with Gasteiger partial charge in [0.05, 0.1) is 12.5 Å². The van der Waals surface area contributed by atoms with E-state index in [2.05, 4.69) is 6.92 Å². The fourth-order valence-electron chi connectivity index (χ4n) is 9.84. The predicted molar refractivity (Wildman–Crippen MR) is 186 cm³/mol. The second kappa shape index (κ2) is 15.8. The molecule has 0 unspecified atom stereocenters. The lowest BCUT2D eigenvalue weighted by Crippen LogP contribution is -2.67. The second-order valence-electron chi connectivity index (χ2n) is 15.9. The third-order valence-electron chi connectivity index (χ3n) is 12.2. The van der Waals surface area contributed by atoms with E-state index in [0.29, 0.717) is 24.0 Å². The van der Waals surface area contributed by atoms with Crippen LogP contribution in [0.4, 0.5) is 0 Å². The van der Waals surface area contributed by atoms with Crippen molar-refractivity contribution in [2.45, 2.75) is 168 Å². The number of hydrogen-bond acceptors (Lipinski definition) is 9. The number of ketones is 1. The summed E-state index contributed by atoms with van der Waals surface area (Å²) in [6, 6.07) is 0. The maximum absolute atomic E-state index is 13.7. The Balaban J connectivity index is 1.63. The molecule has 276 valence electrons. The first-order valence-corrected chi connectivity index (χ1v) is 19.1. The minimum atomic E-state index is -1.97. The highest BCUT2D eigenvalue weighted by Crippen LogP contribution is 2.77. The van der Waals surface area contributed by atoms with Crippen molar-refractivity contribution in [1.82, 2.24) is 0 Å². The van der Waals surface area contributed by atoms with Crippen LogP contribution in [0, 0.1) is 29.1 Å². The molecule has 4 rings (SSSR count). The molecular weight excluding hydrogens is 624 g/mol. The summed E-state index contributed by atoms with van der Waals surface area (Å²) in [6.07, 6.45) is 15.9. The molecule has 0 bridgehead atoms. The van der Waals surface area contributed by atoms with Crippen LogP contribution in [0.15, 0.2) is 23.3 Å². The summed E-state index contributed by atoms with van der Waals surface area (Å²) in [5, 5.41) is 22.7. The molecule has 2 fully saturated rings. The molecule has 0 radical (unpaired) electrons. The van der Waals surface area contributed by atoms with Gasteiger partial charge >= 0.3 is 17.9 Å². The van der Waals surface area contributed by atoms with Crippen LogP contribution in [-0.2, 0) is 33.4 Å². The Kier molecular flexibility index (Phi) is 12.7. The number of rotatable bonds is 18. The molecule has 0 aliphatic heterocycles. The number of carbonyl (C=O) groups is 4. The van der Waals surface area contributed by atoms with Crippen LogP contribution >= 0.6 is 0 Å². The zero-order valence-corrected chi connectivity index (χ0v) is 31.1. The van der Waals surface area contributed by atoms with Crippen molar-refractivity contribution >= 4 is 23.7 Å². The second-order valence-corrected chi connectivity index (χ2v) is 15.9. The van der Waals surface area contributed by atoms with Gasteiger partial charge in [0.1, 0.15) is 17.3 Å². The number of Topliss-reactive ketones (excluding diaryl/α,β-unsaturated/α-hetero) is 1. The van der Waals surface area contributed by atoms with Crippen LogP contribution in [0.25, 0.3) is 0 Å². The van der Waals surface area contributed by atoms with Crippen LogP contribution < -0.4 is 0 Å². The lowest BCUT2D eigenvalue weighted by molar-refractivity contribution is -0.240. The van der Waals surface area contributed by atoms with E-state index in [9.17, 15) is 29.4 Å². The van der Waals surface area contributed by atoms with Gasteiger partial charge in [-0.1, -0.05) is 111 Å². The molecule has 0 aromatic carbocycles. The predicted octanol–water partition coefficient (Wildman–Crippen LogP) is 7.10. The summed E-state index contributed by atoms with van der Waals surface area (Å²) in [4.78, 5) is 53.6. The molecule has 0 heterocycles. The molecule has 2 saturated carbocycles. The van der Waals surface area contributed by atoms with E-state index in [1.807, 2.05) is 33.8 Å². The Bertz CT molecular complexity index is 1300. The number of hydrogen-bond donors (Lipinski definition) is 2. The van der Waals surface area contributed by atoms with Crippen LogP contribution in [0.2, 0.25) is 0 Å². The molecule has 4 aliphatic carbocycles. The number of fused-ring (bicyclic) bond motifs is 5. The van der Waals surface area contributed by atoms with Gasteiger partial charge in [-0.2, -0.15) is 0 Å². The molecule has 2 N–H and O–H groups in total. The molecule has 49 heavy (non-hydrogen) atoms. The van der Waals surface area contributed by atoms with Gasteiger partial charge in [-0.3, -0.25) is 19.2 Å². The Morgan fingerprint density at radius 2 is 1.45 bits per heavy atom. The Morgan fingerprint density at radius 3 is 2.00 bits per heavy atom. The van der Waals surface area contributed by atoms with E-state index in [-0.39, 0.29) is 19.3 Å². The summed E-state index contributed by atoms with van der Waals surface area (Å²) >= 11 is 0. The van der Waals surface area contributed by atoms with E-state index in [1.54, 1.807) is 13.0 Å². The van der Waals surface area contributed by atoms with Crippen molar-refractivity contribution in [3.8, 4) is 0 Å². The largest absolute Gasteiger partial charge is 0.458 e. The Labute approximate surface area is 293 Å². The van der Waals surface area contributed by atoms with Gasteiger partial charge in [0, 0.05) is 49.4 Å². The number of carbonyl (C=O) groups excluding carboxylic acids is 4. The summed E-state index contributed by atoms with van der Waals surface area (Å²) in [7, 11) is 0. The normalized spacial score (nSPS) is 34.1. The third-order valence-corrected chi connectivity index (χ3v) is 12.2. The summed E-state index contributed by atoms with van der Waals surface area (Å²) in [5.41, 5.74) is -4.69. The minimum absolute atomic E-state index is 0.117. The zero-order valence-electron chi connectivity index (χ0n) is 31.1. The smallest absolute Gasteiger partial charge is 0.306 e. The van der Waals surface area contributed by atoms with Gasteiger partial charge in [0.25, 0.3) is 0 Å². The first kappa shape index (κ1) is 39.3. The molecular formula is C40H62O9. The molecule has 0 aromatic rings. The van der Waals surface area contributed by atoms with Crippen molar-refractivity contribution in [2.24, 2.45) is 29.1 Å². The van der Waals surface area contributed by atoms with Crippen molar-refractivity contribution in [1.29, 1.82) is 0 Å². The maximum Gasteiger partial charge on any atom is 0.306 e. The molecule has 0 spiro atoms. The SMILES string of the molecule is CCCCCCCCCCCCCC(=O)O[C@@H]1[C@@H](C)[C@@]2(OC(=O)CCC)[C@@H](C=C(CO)C[C@]3(O)C(=O)C(C)=C[C@@H]23)[C@@H]2C(C)(C)[C@]12OC(C)=O. The Hall–Kier alpha value is -2.52. The van der Waals surface area contributed by atoms with Crippen molar-refractivity contribution in [3.05, 3.63) is 23.3 Å². The summed E-state index contributed by atoms with van der Waals surface area (Å²) in [5.74, 6) is -4.83. The fraction of sp³-hybridized carbons (Fsp3) is 0.800. The fourth-order valence-corrected chi connectivity index (χ4v) is 9.84. The lowest BCUT2D eigenvalue weighted by atomic mass is 9.58. The molecule has 4 aliphatic rings. The molecule has 0 amide bonds. The molecule has 8 atom stereocenters.